The highest BCUT2D eigenvalue weighted by Crippen LogP contribution is 2.15. The summed E-state index contributed by atoms with van der Waals surface area (Å²) in [5.41, 5.74) is 2.74. The van der Waals surface area contributed by atoms with Gasteiger partial charge >= 0.3 is 0 Å². The van der Waals surface area contributed by atoms with Gasteiger partial charge in [0.15, 0.2) is 0 Å². The predicted molar refractivity (Wildman–Crippen MR) is 79.1 cm³/mol. The Bertz CT molecular complexity index is 539. The van der Waals surface area contributed by atoms with Crippen LogP contribution in [0.15, 0.2) is 29.4 Å². The standard InChI is InChI=1S/C14H18N4O3/c19-14(11-17-8-4-1-5-9-17)16-15-10-12-6-2-3-7-13(12)18(20)21/h2-3,6-7,10H,1,4-5,8-9,11H2,(H,16,19). The molecule has 0 atom stereocenters. The molecule has 0 aliphatic carbocycles. The van der Waals surface area contributed by atoms with Crippen LogP contribution >= 0.6 is 0 Å². The van der Waals surface area contributed by atoms with Gasteiger partial charge in [0.2, 0.25) is 0 Å². The van der Waals surface area contributed by atoms with Gasteiger partial charge in [0.05, 0.1) is 23.2 Å². The molecular weight excluding hydrogens is 272 g/mol. The van der Waals surface area contributed by atoms with Gasteiger partial charge in [0.25, 0.3) is 11.6 Å². The molecule has 1 amide bonds. The summed E-state index contributed by atoms with van der Waals surface area (Å²) in [7, 11) is 0. The van der Waals surface area contributed by atoms with E-state index in [2.05, 4.69) is 15.4 Å². The number of hydrazone groups is 1. The first-order chi connectivity index (χ1) is 10.2. The van der Waals surface area contributed by atoms with Crippen LogP contribution in [0.4, 0.5) is 5.69 Å². The third kappa shape index (κ3) is 4.64. The van der Waals surface area contributed by atoms with Crippen LogP contribution in [0.2, 0.25) is 0 Å². The number of rotatable bonds is 5. The molecule has 0 unspecified atom stereocenters. The fraction of sp³-hybridized carbons (Fsp3) is 0.429. The largest absolute Gasteiger partial charge is 0.294 e. The maximum atomic E-state index is 11.7. The minimum atomic E-state index is -0.475. The molecule has 1 aliphatic heterocycles. The highest BCUT2D eigenvalue weighted by atomic mass is 16.6. The number of hydrogen-bond donors (Lipinski definition) is 1. The van der Waals surface area contributed by atoms with Gasteiger partial charge < -0.3 is 0 Å². The molecule has 1 fully saturated rings. The van der Waals surface area contributed by atoms with Gasteiger partial charge in [-0.15, -0.1) is 0 Å². The minimum Gasteiger partial charge on any atom is -0.294 e. The van der Waals surface area contributed by atoms with E-state index in [1.165, 1.54) is 18.7 Å². The molecule has 1 aromatic carbocycles. The number of carbonyl (C=O) groups excluding carboxylic acids is 1. The number of likely N-dealkylation sites (tertiary alicyclic amines) is 1. The first-order valence-corrected chi connectivity index (χ1v) is 6.94. The molecule has 0 spiro atoms. The zero-order valence-corrected chi connectivity index (χ0v) is 11.7. The number of nitro benzene ring substituents is 1. The predicted octanol–water partition coefficient (Wildman–Crippen LogP) is 1.53. The molecular formula is C14H18N4O3. The first-order valence-electron chi connectivity index (χ1n) is 6.94. The maximum Gasteiger partial charge on any atom is 0.278 e. The second-order valence-electron chi connectivity index (χ2n) is 4.95. The second kappa shape index (κ2) is 7.49. The summed E-state index contributed by atoms with van der Waals surface area (Å²) < 4.78 is 0. The number of amides is 1. The van der Waals surface area contributed by atoms with E-state index >= 15 is 0 Å². The smallest absolute Gasteiger partial charge is 0.278 e. The number of hydrogen-bond acceptors (Lipinski definition) is 5. The van der Waals surface area contributed by atoms with E-state index in [-0.39, 0.29) is 11.6 Å². The topological polar surface area (TPSA) is 87.8 Å². The van der Waals surface area contributed by atoms with E-state index in [1.807, 2.05) is 0 Å². The molecule has 7 nitrogen and oxygen atoms in total. The van der Waals surface area contributed by atoms with Crippen LogP contribution < -0.4 is 5.43 Å². The Kier molecular flexibility index (Phi) is 5.39. The quantitative estimate of drug-likeness (QED) is 0.506. The van der Waals surface area contributed by atoms with Crippen LogP contribution in [0.5, 0.6) is 0 Å². The third-order valence-corrected chi connectivity index (χ3v) is 3.34. The Labute approximate surface area is 122 Å². The van der Waals surface area contributed by atoms with Crippen molar-refractivity contribution in [3.63, 3.8) is 0 Å². The summed E-state index contributed by atoms with van der Waals surface area (Å²) >= 11 is 0. The monoisotopic (exact) mass is 290 g/mol. The third-order valence-electron chi connectivity index (χ3n) is 3.34. The Morgan fingerprint density at radius 2 is 2.05 bits per heavy atom. The number of benzene rings is 1. The maximum absolute atomic E-state index is 11.7. The van der Waals surface area contributed by atoms with Gasteiger partial charge in [-0.3, -0.25) is 19.8 Å². The van der Waals surface area contributed by atoms with Crippen molar-refractivity contribution in [1.29, 1.82) is 0 Å². The molecule has 7 heteroatoms. The molecule has 21 heavy (non-hydrogen) atoms. The van der Waals surface area contributed by atoms with Crippen molar-refractivity contribution in [2.24, 2.45) is 5.10 Å². The molecule has 1 aliphatic rings. The lowest BCUT2D eigenvalue weighted by Gasteiger charge is -2.25. The molecule has 1 N–H and O–H groups in total. The molecule has 1 saturated heterocycles. The lowest BCUT2D eigenvalue weighted by Crippen LogP contribution is -2.38. The highest BCUT2D eigenvalue weighted by Gasteiger charge is 2.13. The number of nitrogens with one attached hydrogen (secondary N) is 1. The van der Waals surface area contributed by atoms with Gasteiger partial charge in [0, 0.05) is 6.07 Å². The molecule has 0 saturated carbocycles. The van der Waals surface area contributed by atoms with Crippen molar-refractivity contribution in [1.82, 2.24) is 10.3 Å². The zero-order valence-electron chi connectivity index (χ0n) is 11.7. The van der Waals surface area contributed by atoms with Crippen LogP contribution in [-0.4, -0.2) is 41.6 Å². The van der Waals surface area contributed by atoms with Crippen molar-refractivity contribution < 1.29 is 9.72 Å². The highest BCUT2D eigenvalue weighted by molar-refractivity contribution is 5.86. The Hall–Kier alpha value is -2.28. The summed E-state index contributed by atoms with van der Waals surface area (Å²) in [6.07, 6.45) is 4.75. The molecule has 0 radical (unpaired) electrons. The van der Waals surface area contributed by atoms with Crippen molar-refractivity contribution in [2.75, 3.05) is 19.6 Å². The summed E-state index contributed by atoms with van der Waals surface area (Å²) in [5, 5.41) is 14.6. The average molecular weight is 290 g/mol. The van der Waals surface area contributed by atoms with E-state index < -0.39 is 4.92 Å². The summed E-state index contributed by atoms with van der Waals surface area (Å²) in [6.45, 7) is 2.18. The molecule has 1 heterocycles. The van der Waals surface area contributed by atoms with Gasteiger partial charge in [-0.2, -0.15) is 5.10 Å². The van der Waals surface area contributed by atoms with Crippen LogP contribution in [0.1, 0.15) is 24.8 Å². The Morgan fingerprint density at radius 1 is 1.33 bits per heavy atom. The number of carbonyl (C=O) groups is 1. The van der Waals surface area contributed by atoms with Gasteiger partial charge in [0.1, 0.15) is 0 Å². The fourth-order valence-corrected chi connectivity index (χ4v) is 2.29. The van der Waals surface area contributed by atoms with Crippen molar-refractivity contribution in [2.45, 2.75) is 19.3 Å². The van der Waals surface area contributed by atoms with E-state index in [0.29, 0.717) is 12.1 Å². The summed E-state index contributed by atoms with van der Waals surface area (Å²) in [4.78, 5) is 24.2. The summed E-state index contributed by atoms with van der Waals surface area (Å²) in [6, 6.07) is 6.25. The SMILES string of the molecule is O=C(CN1CCCCC1)NN=Cc1ccccc1[N+](=O)[O-]. The Morgan fingerprint density at radius 3 is 2.76 bits per heavy atom. The first kappa shape index (κ1) is 15.1. The molecule has 0 bridgehead atoms. The van der Waals surface area contributed by atoms with Crippen molar-refractivity contribution in [3.8, 4) is 0 Å². The van der Waals surface area contributed by atoms with Crippen LogP contribution in [0.3, 0.4) is 0 Å². The number of para-hydroxylation sites is 1. The minimum absolute atomic E-state index is 0.0356. The van der Waals surface area contributed by atoms with Gasteiger partial charge in [-0.25, -0.2) is 5.43 Å². The normalized spacial score (nSPS) is 16.0. The molecule has 2 rings (SSSR count). The molecule has 0 aromatic heterocycles. The molecule has 1 aromatic rings. The fourth-order valence-electron chi connectivity index (χ4n) is 2.29. The molecule has 112 valence electrons. The second-order valence-corrected chi connectivity index (χ2v) is 4.95. The lowest BCUT2D eigenvalue weighted by atomic mass is 10.1. The van der Waals surface area contributed by atoms with E-state index in [4.69, 9.17) is 0 Å². The lowest BCUT2D eigenvalue weighted by molar-refractivity contribution is -0.385. The van der Waals surface area contributed by atoms with Gasteiger partial charge in [-0.1, -0.05) is 18.6 Å². The van der Waals surface area contributed by atoms with E-state index in [9.17, 15) is 14.9 Å². The number of piperidine rings is 1. The van der Waals surface area contributed by atoms with Crippen LogP contribution in [-0.2, 0) is 4.79 Å². The zero-order chi connectivity index (χ0) is 15.1. The number of nitro groups is 1. The van der Waals surface area contributed by atoms with Crippen molar-refractivity contribution >= 4 is 17.8 Å². The van der Waals surface area contributed by atoms with Crippen molar-refractivity contribution in [3.05, 3.63) is 39.9 Å². The van der Waals surface area contributed by atoms with Gasteiger partial charge in [-0.05, 0) is 32.0 Å². The average Bonchev–Trinajstić information content (AvgIpc) is 2.48. The van der Waals surface area contributed by atoms with Crippen LogP contribution in [0.25, 0.3) is 0 Å². The van der Waals surface area contributed by atoms with E-state index in [0.717, 1.165) is 25.9 Å². The number of nitrogens with zero attached hydrogens (tertiary/aromatic N) is 3. The van der Waals surface area contributed by atoms with Crippen LogP contribution in [0, 0.1) is 10.1 Å². The Balaban J connectivity index is 1.87. The van der Waals surface area contributed by atoms with E-state index in [1.54, 1.807) is 18.2 Å². The summed E-state index contributed by atoms with van der Waals surface area (Å²) in [5.74, 6) is -0.202.